The standard InChI is InChI=1S/C14H26N2O3/c1-3-5-11(9-15)13(17)16-7-6-10(4-2)8-12(16)14(18)19/h10-12H,3-9,15H2,1-2H3,(H,18,19). The molecule has 0 aromatic heterocycles. The number of amides is 1. The maximum absolute atomic E-state index is 12.4. The van der Waals surface area contributed by atoms with Crippen molar-refractivity contribution in [2.75, 3.05) is 13.1 Å². The fraction of sp³-hybridized carbons (Fsp3) is 0.857. The summed E-state index contributed by atoms with van der Waals surface area (Å²) in [7, 11) is 0. The first-order valence-corrected chi connectivity index (χ1v) is 7.28. The van der Waals surface area contributed by atoms with Crippen LogP contribution in [-0.2, 0) is 9.59 Å². The lowest BCUT2D eigenvalue weighted by atomic mass is 9.87. The van der Waals surface area contributed by atoms with Gasteiger partial charge in [0.2, 0.25) is 5.91 Å². The van der Waals surface area contributed by atoms with Gasteiger partial charge in [0.05, 0.1) is 5.92 Å². The Bertz CT molecular complexity index is 320. The summed E-state index contributed by atoms with van der Waals surface area (Å²) in [5, 5.41) is 9.33. The van der Waals surface area contributed by atoms with Gasteiger partial charge in [-0.15, -0.1) is 0 Å². The zero-order valence-corrected chi connectivity index (χ0v) is 12.0. The normalized spacial score (nSPS) is 25.1. The third-order valence-electron chi connectivity index (χ3n) is 4.13. The van der Waals surface area contributed by atoms with Gasteiger partial charge in [0.15, 0.2) is 0 Å². The number of carboxylic acid groups (broad SMARTS) is 1. The minimum atomic E-state index is -0.890. The highest BCUT2D eigenvalue weighted by Gasteiger charge is 2.37. The second-order valence-corrected chi connectivity index (χ2v) is 5.41. The number of likely N-dealkylation sites (tertiary alicyclic amines) is 1. The van der Waals surface area contributed by atoms with Crippen molar-refractivity contribution < 1.29 is 14.7 Å². The van der Waals surface area contributed by atoms with Crippen LogP contribution in [0.2, 0.25) is 0 Å². The van der Waals surface area contributed by atoms with Gasteiger partial charge in [0.25, 0.3) is 0 Å². The largest absolute Gasteiger partial charge is 0.480 e. The molecule has 19 heavy (non-hydrogen) atoms. The third-order valence-corrected chi connectivity index (χ3v) is 4.13. The molecule has 3 N–H and O–H groups in total. The first-order chi connectivity index (χ1) is 9.04. The van der Waals surface area contributed by atoms with Crippen molar-refractivity contribution in [3.63, 3.8) is 0 Å². The SMILES string of the molecule is CCCC(CN)C(=O)N1CCC(CC)CC1C(=O)O. The second-order valence-electron chi connectivity index (χ2n) is 5.41. The van der Waals surface area contributed by atoms with Gasteiger partial charge in [-0.25, -0.2) is 4.79 Å². The van der Waals surface area contributed by atoms with Gasteiger partial charge in [-0.2, -0.15) is 0 Å². The summed E-state index contributed by atoms with van der Waals surface area (Å²) in [5.74, 6) is -0.789. The molecular weight excluding hydrogens is 244 g/mol. The summed E-state index contributed by atoms with van der Waals surface area (Å²) in [6.07, 6.45) is 4.06. The molecule has 5 heteroatoms. The van der Waals surface area contributed by atoms with Gasteiger partial charge in [-0.3, -0.25) is 4.79 Å². The molecule has 1 saturated heterocycles. The van der Waals surface area contributed by atoms with Crippen molar-refractivity contribution in [1.29, 1.82) is 0 Å². The predicted molar refractivity (Wildman–Crippen MR) is 73.6 cm³/mol. The molecule has 0 bridgehead atoms. The lowest BCUT2D eigenvalue weighted by Crippen LogP contribution is -2.52. The fourth-order valence-electron chi connectivity index (χ4n) is 2.83. The van der Waals surface area contributed by atoms with Crippen molar-refractivity contribution in [2.24, 2.45) is 17.6 Å². The molecule has 1 heterocycles. The van der Waals surface area contributed by atoms with E-state index < -0.39 is 12.0 Å². The number of carbonyl (C=O) groups is 2. The highest BCUT2D eigenvalue weighted by atomic mass is 16.4. The van der Waals surface area contributed by atoms with Crippen LogP contribution in [0, 0.1) is 11.8 Å². The van der Waals surface area contributed by atoms with Crippen LogP contribution in [0.5, 0.6) is 0 Å². The summed E-state index contributed by atoms with van der Waals surface area (Å²) in [6.45, 7) is 4.93. The Morgan fingerprint density at radius 1 is 1.42 bits per heavy atom. The zero-order chi connectivity index (χ0) is 14.4. The van der Waals surface area contributed by atoms with Gasteiger partial charge in [-0.05, 0) is 25.2 Å². The van der Waals surface area contributed by atoms with Crippen LogP contribution in [-0.4, -0.2) is 41.0 Å². The number of rotatable bonds is 6. The van der Waals surface area contributed by atoms with Crippen molar-refractivity contribution in [2.45, 2.75) is 52.0 Å². The molecule has 1 amide bonds. The molecule has 110 valence electrons. The van der Waals surface area contributed by atoms with E-state index in [1.165, 1.54) is 0 Å². The number of aliphatic carboxylic acids is 1. The van der Waals surface area contributed by atoms with Crippen molar-refractivity contribution in [3.05, 3.63) is 0 Å². The van der Waals surface area contributed by atoms with Crippen molar-refractivity contribution in [1.82, 2.24) is 4.90 Å². The van der Waals surface area contributed by atoms with Crippen LogP contribution in [0.1, 0.15) is 46.0 Å². The molecule has 3 atom stereocenters. The molecule has 0 aromatic rings. The first-order valence-electron chi connectivity index (χ1n) is 7.28. The average molecular weight is 270 g/mol. The van der Waals surface area contributed by atoms with Crippen LogP contribution in [0.3, 0.4) is 0 Å². The average Bonchev–Trinajstić information content (AvgIpc) is 2.43. The topological polar surface area (TPSA) is 83.6 Å². The maximum atomic E-state index is 12.4. The highest BCUT2D eigenvalue weighted by molar-refractivity contribution is 5.85. The number of hydrogen-bond acceptors (Lipinski definition) is 3. The number of nitrogens with zero attached hydrogens (tertiary/aromatic N) is 1. The van der Waals surface area contributed by atoms with E-state index in [0.717, 1.165) is 25.7 Å². The monoisotopic (exact) mass is 270 g/mol. The Balaban J connectivity index is 2.78. The smallest absolute Gasteiger partial charge is 0.326 e. The Kier molecular flexibility index (Phi) is 6.28. The first kappa shape index (κ1) is 16.0. The van der Waals surface area contributed by atoms with Crippen LogP contribution >= 0.6 is 0 Å². The summed E-state index contributed by atoms with van der Waals surface area (Å²) in [5.41, 5.74) is 5.65. The van der Waals surface area contributed by atoms with Gasteiger partial charge in [0.1, 0.15) is 6.04 Å². The molecule has 0 saturated carbocycles. The minimum Gasteiger partial charge on any atom is -0.480 e. The van der Waals surface area contributed by atoms with Gasteiger partial charge < -0.3 is 15.7 Å². The predicted octanol–water partition coefficient (Wildman–Crippen LogP) is 1.46. The number of piperidine rings is 1. The molecule has 5 nitrogen and oxygen atoms in total. The molecule has 1 rings (SSSR count). The molecule has 3 unspecified atom stereocenters. The van der Waals surface area contributed by atoms with E-state index in [4.69, 9.17) is 5.73 Å². The van der Waals surface area contributed by atoms with Gasteiger partial charge >= 0.3 is 5.97 Å². The fourth-order valence-corrected chi connectivity index (χ4v) is 2.83. The Labute approximate surface area is 115 Å². The van der Waals surface area contributed by atoms with E-state index in [0.29, 0.717) is 25.4 Å². The quantitative estimate of drug-likeness (QED) is 0.765. The Morgan fingerprint density at radius 2 is 2.11 bits per heavy atom. The van der Waals surface area contributed by atoms with E-state index >= 15 is 0 Å². The summed E-state index contributed by atoms with van der Waals surface area (Å²) in [6, 6.07) is -0.669. The van der Waals surface area contributed by atoms with Crippen LogP contribution in [0.4, 0.5) is 0 Å². The van der Waals surface area contributed by atoms with Gasteiger partial charge in [-0.1, -0.05) is 26.7 Å². The van der Waals surface area contributed by atoms with Crippen LogP contribution in [0.15, 0.2) is 0 Å². The lowest BCUT2D eigenvalue weighted by Gasteiger charge is -2.38. The number of hydrogen-bond donors (Lipinski definition) is 2. The molecule has 1 aliphatic rings. The van der Waals surface area contributed by atoms with Crippen LogP contribution < -0.4 is 5.73 Å². The highest BCUT2D eigenvalue weighted by Crippen LogP contribution is 2.27. The molecule has 1 aliphatic heterocycles. The Hall–Kier alpha value is -1.10. The van der Waals surface area contributed by atoms with Gasteiger partial charge in [0, 0.05) is 13.1 Å². The maximum Gasteiger partial charge on any atom is 0.326 e. The number of carbonyl (C=O) groups excluding carboxylic acids is 1. The zero-order valence-electron chi connectivity index (χ0n) is 12.0. The molecule has 0 radical (unpaired) electrons. The molecule has 0 aromatic carbocycles. The Morgan fingerprint density at radius 3 is 2.58 bits per heavy atom. The molecule has 0 spiro atoms. The molecule has 1 fully saturated rings. The third kappa shape index (κ3) is 3.93. The molecule has 0 aliphatic carbocycles. The van der Waals surface area contributed by atoms with E-state index in [-0.39, 0.29) is 11.8 Å². The number of nitrogens with two attached hydrogens (primary N) is 1. The van der Waals surface area contributed by atoms with E-state index in [1.54, 1.807) is 4.90 Å². The van der Waals surface area contributed by atoms with E-state index in [1.807, 2.05) is 6.92 Å². The lowest BCUT2D eigenvalue weighted by molar-refractivity contribution is -0.155. The van der Waals surface area contributed by atoms with E-state index in [9.17, 15) is 14.7 Å². The van der Waals surface area contributed by atoms with Crippen molar-refractivity contribution >= 4 is 11.9 Å². The minimum absolute atomic E-state index is 0.0775. The summed E-state index contributed by atoms with van der Waals surface area (Å²) < 4.78 is 0. The van der Waals surface area contributed by atoms with E-state index in [2.05, 4.69) is 6.92 Å². The van der Waals surface area contributed by atoms with Crippen molar-refractivity contribution in [3.8, 4) is 0 Å². The second kappa shape index (κ2) is 7.48. The van der Waals surface area contributed by atoms with Crippen LogP contribution in [0.25, 0.3) is 0 Å². The summed E-state index contributed by atoms with van der Waals surface area (Å²) >= 11 is 0. The molecular formula is C14H26N2O3. The number of carboxylic acids is 1. The summed E-state index contributed by atoms with van der Waals surface area (Å²) in [4.78, 5) is 25.3.